The number of benzene rings is 1. The van der Waals surface area contributed by atoms with E-state index >= 15 is 0 Å². The number of aromatic amines is 1. The first-order chi connectivity index (χ1) is 11.6. The number of nitrogens with zero attached hydrogens (tertiary/aromatic N) is 2. The largest absolute Gasteiger partial charge is 0.324 e. The number of anilines is 1. The van der Waals surface area contributed by atoms with Gasteiger partial charge in [-0.3, -0.25) is 9.89 Å². The predicted octanol–water partition coefficient (Wildman–Crippen LogP) is 4.26. The maximum absolute atomic E-state index is 12.1. The number of thioether (sulfide) groups is 1. The van der Waals surface area contributed by atoms with Crippen molar-refractivity contribution >= 4 is 50.6 Å². The van der Waals surface area contributed by atoms with Crippen LogP contribution in [0, 0.1) is 6.92 Å². The summed E-state index contributed by atoms with van der Waals surface area (Å²) in [5, 5.41) is 12.6. The molecule has 3 rings (SSSR count). The zero-order valence-electron chi connectivity index (χ0n) is 12.9. The molecule has 0 saturated heterocycles. The van der Waals surface area contributed by atoms with Crippen molar-refractivity contribution in [1.82, 2.24) is 15.2 Å². The van der Waals surface area contributed by atoms with Gasteiger partial charge in [0.2, 0.25) is 11.1 Å². The first-order valence-corrected chi connectivity index (χ1v) is 9.88. The zero-order valence-corrected chi connectivity index (χ0v) is 16.1. The van der Waals surface area contributed by atoms with Crippen LogP contribution >= 0.6 is 39.0 Å². The van der Waals surface area contributed by atoms with Gasteiger partial charge in [0.1, 0.15) is 5.82 Å². The van der Waals surface area contributed by atoms with Gasteiger partial charge in [-0.2, -0.15) is 0 Å². The molecule has 5 nitrogen and oxygen atoms in total. The van der Waals surface area contributed by atoms with Gasteiger partial charge in [-0.1, -0.05) is 23.9 Å². The van der Waals surface area contributed by atoms with E-state index in [-0.39, 0.29) is 11.7 Å². The summed E-state index contributed by atoms with van der Waals surface area (Å²) in [6.07, 6.45) is 0.730. The zero-order chi connectivity index (χ0) is 16.9. The van der Waals surface area contributed by atoms with Crippen LogP contribution in [0.15, 0.2) is 45.3 Å². The van der Waals surface area contributed by atoms with Crippen molar-refractivity contribution in [2.45, 2.75) is 18.5 Å². The maximum atomic E-state index is 12.1. The minimum absolute atomic E-state index is 0.0887. The molecule has 0 bridgehead atoms. The first kappa shape index (κ1) is 17.2. The molecular weight excluding hydrogens is 408 g/mol. The molecule has 1 amide bonds. The fourth-order valence-electron chi connectivity index (χ4n) is 2.04. The van der Waals surface area contributed by atoms with Crippen LogP contribution < -0.4 is 5.32 Å². The predicted molar refractivity (Wildman–Crippen MR) is 102 cm³/mol. The SMILES string of the molecule is Cc1ccc(NC(=O)CSc2n[nH]c(Cc3cccs3)n2)c(Br)c1. The number of amides is 1. The Balaban J connectivity index is 1.52. The molecule has 3 aromatic rings. The number of hydrogen-bond acceptors (Lipinski definition) is 5. The van der Waals surface area contributed by atoms with E-state index < -0.39 is 0 Å². The van der Waals surface area contributed by atoms with Gasteiger partial charge in [0, 0.05) is 15.8 Å². The Morgan fingerprint density at radius 2 is 2.29 bits per heavy atom. The molecule has 0 radical (unpaired) electrons. The minimum atomic E-state index is -0.0887. The van der Waals surface area contributed by atoms with E-state index in [1.165, 1.54) is 16.6 Å². The molecule has 0 fully saturated rings. The molecule has 0 aliphatic heterocycles. The molecule has 124 valence electrons. The smallest absolute Gasteiger partial charge is 0.234 e. The molecule has 0 spiro atoms. The summed E-state index contributed by atoms with van der Waals surface area (Å²) in [7, 11) is 0. The third kappa shape index (κ3) is 4.68. The van der Waals surface area contributed by atoms with Crippen molar-refractivity contribution < 1.29 is 4.79 Å². The number of thiophene rings is 1. The standard InChI is InChI=1S/C16H15BrN4OS2/c1-10-4-5-13(12(17)7-10)18-15(22)9-24-16-19-14(20-21-16)8-11-3-2-6-23-11/h2-7H,8-9H2,1H3,(H,18,22)(H,19,20,21). The van der Waals surface area contributed by atoms with Gasteiger partial charge < -0.3 is 5.32 Å². The van der Waals surface area contributed by atoms with E-state index in [4.69, 9.17) is 0 Å². The molecule has 0 saturated carbocycles. The lowest BCUT2D eigenvalue weighted by molar-refractivity contribution is -0.113. The highest BCUT2D eigenvalue weighted by Crippen LogP contribution is 2.24. The van der Waals surface area contributed by atoms with Gasteiger partial charge in [-0.15, -0.1) is 16.4 Å². The number of nitrogens with one attached hydrogen (secondary N) is 2. The van der Waals surface area contributed by atoms with Crippen molar-refractivity contribution in [3.05, 3.63) is 56.4 Å². The normalized spacial score (nSPS) is 10.8. The average Bonchev–Trinajstić information content (AvgIpc) is 3.20. The molecular formula is C16H15BrN4OS2. The van der Waals surface area contributed by atoms with Crippen molar-refractivity contribution in [3.63, 3.8) is 0 Å². The maximum Gasteiger partial charge on any atom is 0.234 e. The molecule has 2 aromatic heterocycles. The Labute approximate surface area is 156 Å². The fourth-order valence-corrected chi connectivity index (χ4v) is 3.96. The van der Waals surface area contributed by atoms with Gasteiger partial charge in [0.15, 0.2) is 0 Å². The Bertz CT molecular complexity index is 832. The van der Waals surface area contributed by atoms with Crippen LogP contribution in [0.5, 0.6) is 0 Å². The molecule has 2 heterocycles. The Hall–Kier alpha value is -1.64. The van der Waals surface area contributed by atoms with E-state index in [2.05, 4.69) is 42.5 Å². The summed E-state index contributed by atoms with van der Waals surface area (Å²) in [4.78, 5) is 17.7. The highest BCUT2D eigenvalue weighted by Gasteiger charge is 2.10. The summed E-state index contributed by atoms with van der Waals surface area (Å²) >= 11 is 6.45. The molecule has 0 aliphatic carbocycles. The molecule has 0 atom stereocenters. The van der Waals surface area contributed by atoms with Crippen LogP contribution in [0.3, 0.4) is 0 Å². The van der Waals surface area contributed by atoms with Crippen LogP contribution in [0.25, 0.3) is 0 Å². The number of aryl methyl sites for hydroxylation is 1. The second-order valence-electron chi connectivity index (χ2n) is 5.14. The highest BCUT2D eigenvalue weighted by atomic mass is 79.9. The summed E-state index contributed by atoms with van der Waals surface area (Å²) in [6.45, 7) is 2.00. The van der Waals surface area contributed by atoms with Crippen LogP contribution in [0.2, 0.25) is 0 Å². The first-order valence-electron chi connectivity index (χ1n) is 7.22. The number of H-pyrrole nitrogens is 1. The van der Waals surface area contributed by atoms with Crippen molar-refractivity contribution in [1.29, 1.82) is 0 Å². The molecule has 0 aliphatic rings. The van der Waals surface area contributed by atoms with Crippen molar-refractivity contribution in [3.8, 4) is 0 Å². The quantitative estimate of drug-likeness (QED) is 0.582. The van der Waals surface area contributed by atoms with Crippen LogP contribution in [0.4, 0.5) is 5.69 Å². The number of hydrogen-bond donors (Lipinski definition) is 2. The van der Waals surface area contributed by atoms with Crippen LogP contribution in [0.1, 0.15) is 16.3 Å². The number of carbonyl (C=O) groups excluding carboxylic acids is 1. The summed E-state index contributed by atoms with van der Waals surface area (Å²) in [5.74, 6) is 0.979. The summed E-state index contributed by atoms with van der Waals surface area (Å²) in [5.41, 5.74) is 1.90. The monoisotopic (exact) mass is 422 g/mol. The number of halogens is 1. The number of aromatic nitrogens is 3. The lowest BCUT2D eigenvalue weighted by atomic mass is 10.2. The summed E-state index contributed by atoms with van der Waals surface area (Å²) in [6, 6.07) is 9.88. The van der Waals surface area contributed by atoms with E-state index in [0.717, 1.165) is 28.0 Å². The highest BCUT2D eigenvalue weighted by molar-refractivity contribution is 9.10. The van der Waals surface area contributed by atoms with Gasteiger partial charge in [0.25, 0.3) is 0 Å². The second kappa shape index (κ2) is 7.96. The lowest BCUT2D eigenvalue weighted by Crippen LogP contribution is -2.14. The van der Waals surface area contributed by atoms with Gasteiger partial charge in [0.05, 0.1) is 11.4 Å². The van der Waals surface area contributed by atoms with Crippen molar-refractivity contribution in [2.75, 3.05) is 11.1 Å². The van der Waals surface area contributed by atoms with E-state index in [0.29, 0.717) is 5.16 Å². The van der Waals surface area contributed by atoms with Crippen molar-refractivity contribution in [2.24, 2.45) is 0 Å². The fraction of sp³-hybridized carbons (Fsp3) is 0.188. The lowest BCUT2D eigenvalue weighted by Gasteiger charge is -2.07. The van der Waals surface area contributed by atoms with Crippen LogP contribution in [-0.2, 0) is 11.2 Å². The Morgan fingerprint density at radius 1 is 1.42 bits per heavy atom. The molecule has 24 heavy (non-hydrogen) atoms. The van der Waals surface area contributed by atoms with Gasteiger partial charge >= 0.3 is 0 Å². The molecule has 1 aromatic carbocycles. The van der Waals surface area contributed by atoms with Crippen LogP contribution in [-0.4, -0.2) is 26.8 Å². The van der Waals surface area contributed by atoms with Gasteiger partial charge in [-0.05, 0) is 52.0 Å². The molecule has 8 heteroatoms. The molecule has 0 unspecified atom stereocenters. The number of carbonyl (C=O) groups is 1. The van der Waals surface area contributed by atoms with E-state index in [9.17, 15) is 4.79 Å². The average molecular weight is 423 g/mol. The Morgan fingerprint density at radius 3 is 3.04 bits per heavy atom. The minimum Gasteiger partial charge on any atom is -0.324 e. The van der Waals surface area contributed by atoms with E-state index in [1.807, 2.05) is 36.6 Å². The topological polar surface area (TPSA) is 70.7 Å². The Kier molecular flexibility index (Phi) is 5.70. The third-order valence-corrected chi connectivity index (χ3v) is 5.54. The van der Waals surface area contributed by atoms with Gasteiger partial charge in [-0.25, -0.2) is 4.98 Å². The second-order valence-corrected chi connectivity index (χ2v) is 7.97. The van der Waals surface area contributed by atoms with E-state index in [1.54, 1.807) is 11.3 Å². The number of rotatable bonds is 6. The third-order valence-electron chi connectivity index (χ3n) is 3.16. The molecule has 2 N–H and O–H groups in total. The summed E-state index contributed by atoms with van der Waals surface area (Å²) < 4.78 is 0.872.